The van der Waals surface area contributed by atoms with Crippen molar-refractivity contribution >= 4 is 5.97 Å². The summed E-state index contributed by atoms with van der Waals surface area (Å²) in [5, 5.41) is 8.67. The van der Waals surface area contributed by atoms with E-state index in [1.54, 1.807) is 0 Å². The highest BCUT2D eigenvalue weighted by atomic mass is 16.5. The van der Waals surface area contributed by atoms with E-state index in [9.17, 15) is 4.79 Å². The highest BCUT2D eigenvalue weighted by molar-refractivity contribution is 5.66. The number of likely N-dealkylation sites (N-methyl/N-ethyl adjacent to an activating group) is 1. The Morgan fingerprint density at radius 3 is 3.06 bits per heavy atom. The molecular formula is C14H19NO3. The summed E-state index contributed by atoms with van der Waals surface area (Å²) in [7, 11) is 1.93. The van der Waals surface area contributed by atoms with Crippen molar-refractivity contribution in [1.29, 1.82) is 0 Å². The number of benzene rings is 1. The molecule has 0 amide bonds. The summed E-state index contributed by atoms with van der Waals surface area (Å²) in [5.41, 5.74) is 2.59. The molecule has 1 N–H and O–H groups in total. The van der Waals surface area contributed by atoms with Crippen LogP contribution in [0.2, 0.25) is 0 Å². The summed E-state index contributed by atoms with van der Waals surface area (Å²) >= 11 is 0. The molecule has 0 saturated heterocycles. The Hall–Kier alpha value is -1.39. The fourth-order valence-corrected chi connectivity index (χ4v) is 2.29. The molecule has 0 aliphatic carbocycles. The lowest BCUT2D eigenvalue weighted by Gasteiger charge is -2.29. The van der Waals surface area contributed by atoms with Crippen molar-refractivity contribution < 1.29 is 14.6 Å². The normalized spacial score (nSPS) is 18.7. The minimum Gasteiger partial charge on any atom is -0.481 e. The van der Waals surface area contributed by atoms with Gasteiger partial charge in [0.25, 0.3) is 0 Å². The minimum absolute atomic E-state index is 0.0637. The second-order valence-corrected chi connectivity index (χ2v) is 4.71. The van der Waals surface area contributed by atoms with Gasteiger partial charge in [-0.25, -0.2) is 0 Å². The predicted octanol–water partition coefficient (Wildman–Crippen LogP) is 1.71. The van der Waals surface area contributed by atoms with Crippen LogP contribution in [-0.4, -0.2) is 42.7 Å². The van der Waals surface area contributed by atoms with Crippen LogP contribution in [-0.2, 0) is 16.0 Å². The van der Waals surface area contributed by atoms with Crippen LogP contribution in [0.1, 0.15) is 23.7 Å². The van der Waals surface area contributed by atoms with Crippen molar-refractivity contribution in [2.45, 2.75) is 18.9 Å². The molecule has 0 radical (unpaired) electrons. The third-order valence-electron chi connectivity index (χ3n) is 3.28. The molecule has 98 valence electrons. The van der Waals surface area contributed by atoms with Crippen LogP contribution in [0.4, 0.5) is 0 Å². The molecule has 4 nitrogen and oxygen atoms in total. The first-order valence-corrected chi connectivity index (χ1v) is 6.26. The number of nitrogens with zero attached hydrogens (tertiary/aromatic N) is 1. The van der Waals surface area contributed by atoms with Crippen molar-refractivity contribution in [3.63, 3.8) is 0 Å². The van der Waals surface area contributed by atoms with Crippen molar-refractivity contribution in [2.75, 3.05) is 26.7 Å². The first-order chi connectivity index (χ1) is 8.66. The molecule has 18 heavy (non-hydrogen) atoms. The van der Waals surface area contributed by atoms with E-state index in [1.807, 2.05) is 18.0 Å². The van der Waals surface area contributed by atoms with E-state index in [1.165, 1.54) is 11.1 Å². The lowest BCUT2D eigenvalue weighted by atomic mass is 9.97. The van der Waals surface area contributed by atoms with E-state index in [4.69, 9.17) is 9.84 Å². The number of carbonyl (C=O) groups is 1. The maximum Gasteiger partial charge on any atom is 0.304 e. The number of fused-ring (bicyclic) bond motifs is 1. The Balaban J connectivity index is 1.96. The van der Waals surface area contributed by atoms with Crippen LogP contribution in [0.25, 0.3) is 0 Å². The highest BCUT2D eigenvalue weighted by Crippen LogP contribution is 2.27. The zero-order valence-corrected chi connectivity index (χ0v) is 10.6. The smallest absolute Gasteiger partial charge is 0.304 e. The molecule has 0 saturated carbocycles. The SMILES string of the molecule is CN(CCC(=O)O)CC1OCCc2ccccc21. The van der Waals surface area contributed by atoms with E-state index in [-0.39, 0.29) is 12.5 Å². The van der Waals surface area contributed by atoms with E-state index < -0.39 is 5.97 Å². The second kappa shape index (κ2) is 5.98. The molecular weight excluding hydrogens is 230 g/mol. The maximum atomic E-state index is 10.5. The van der Waals surface area contributed by atoms with Gasteiger partial charge in [0.1, 0.15) is 0 Å². The van der Waals surface area contributed by atoms with Crippen LogP contribution in [0.5, 0.6) is 0 Å². The molecule has 1 aromatic rings. The Bertz CT molecular complexity index is 419. The second-order valence-electron chi connectivity index (χ2n) is 4.71. The van der Waals surface area contributed by atoms with Gasteiger partial charge in [0, 0.05) is 13.1 Å². The third-order valence-corrected chi connectivity index (χ3v) is 3.28. The number of ether oxygens (including phenoxy) is 1. The molecule has 1 aromatic carbocycles. The molecule has 2 rings (SSSR count). The quantitative estimate of drug-likeness (QED) is 0.863. The summed E-state index contributed by atoms with van der Waals surface area (Å²) in [6.07, 6.45) is 1.20. The largest absolute Gasteiger partial charge is 0.481 e. The number of rotatable bonds is 5. The van der Waals surface area contributed by atoms with Crippen LogP contribution in [0.3, 0.4) is 0 Å². The van der Waals surface area contributed by atoms with Gasteiger partial charge < -0.3 is 14.7 Å². The van der Waals surface area contributed by atoms with Gasteiger partial charge >= 0.3 is 5.97 Å². The molecule has 0 aromatic heterocycles. The summed E-state index contributed by atoms with van der Waals surface area (Å²) in [4.78, 5) is 12.6. The number of carboxylic acids is 1. The molecule has 0 fully saturated rings. The van der Waals surface area contributed by atoms with E-state index in [2.05, 4.69) is 18.2 Å². The van der Waals surface area contributed by atoms with Crippen molar-refractivity contribution in [3.8, 4) is 0 Å². The molecule has 4 heteroatoms. The lowest BCUT2D eigenvalue weighted by molar-refractivity contribution is -0.137. The van der Waals surface area contributed by atoms with E-state index in [0.29, 0.717) is 6.54 Å². The topological polar surface area (TPSA) is 49.8 Å². The van der Waals surface area contributed by atoms with Gasteiger partial charge in [0.05, 0.1) is 19.1 Å². The van der Waals surface area contributed by atoms with Crippen LogP contribution < -0.4 is 0 Å². The monoisotopic (exact) mass is 249 g/mol. The molecule has 1 aliphatic heterocycles. The summed E-state index contributed by atoms with van der Waals surface area (Å²) < 4.78 is 5.79. The van der Waals surface area contributed by atoms with Crippen molar-refractivity contribution in [2.24, 2.45) is 0 Å². The van der Waals surface area contributed by atoms with Gasteiger partial charge in [-0.1, -0.05) is 24.3 Å². The molecule has 1 atom stereocenters. The minimum atomic E-state index is -0.758. The summed E-state index contributed by atoms with van der Waals surface area (Å²) in [6.45, 7) is 2.04. The first-order valence-electron chi connectivity index (χ1n) is 6.26. The van der Waals surface area contributed by atoms with Crippen LogP contribution in [0, 0.1) is 0 Å². The molecule has 1 aliphatic rings. The molecule has 0 spiro atoms. The fraction of sp³-hybridized carbons (Fsp3) is 0.500. The summed E-state index contributed by atoms with van der Waals surface area (Å²) in [6, 6.07) is 8.32. The lowest BCUT2D eigenvalue weighted by Crippen LogP contribution is -2.30. The molecule has 1 unspecified atom stereocenters. The van der Waals surface area contributed by atoms with Gasteiger partial charge in [-0.3, -0.25) is 4.79 Å². The number of carboxylic acid groups (broad SMARTS) is 1. The molecule has 1 heterocycles. The average molecular weight is 249 g/mol. The third kappa shape index (κ3) is 3.31. The van der Waals surface area contributed by atoms with Crippen LogP contribution >= 0.6 is 0 Å². The standard InChI is InChI=1S/C14H19NO3/c1-15(8-6-14(16)17)10-13-12-5-3-2-4-11(12)7-9-18-13/h2-5,13H,6-10H2,1H3,(H,16,17). The van der Waals surface area contributed by atoms with Gasteiger partial charge in [-0.05, 0) is 24.6 Å². The predicted molar refractivity (Wildman–Crippen MR) is 68.6 cm³/mol. The van der Waals surface area contributed by atoms with Gasteiger partial charge in [0.2, 0.25) is 0 Å². The van der Waals surface area contributed by atoms with E-state index in [0.717, 1.165) is 19.6 Å². The molecule has 0 bridgehead atoms. The zero-order valence-electron chi connectivity index (χ0n) is 10.6. The zero-order chi connectivity index (χ0) is 13.0. The van der Waals surface area contributed by atoms with Crippen LogP contribution in [0.15, 0.2) is 24.3 Å². The fourth-order valence-electron chi connectivity index (χ4n) is 2.29. The van der Waals surface area contributed by atoms with Gasteiger partial charge in [-0.15, -0.1) is 0 Å². The number of aliphatic carboxylic acids is 1. The Morgan fingerprint density at radius 1 is 1.50 bits per heavy atom. The Morgan fingerprint density at radius 2 is 2.28 bits per heavy atom. The summed E-state index contributed by atoms with van der Waals surface area (Å²) in [5.74, 6) is -0.758. The van der Waals surface area contributed by atoms with E-state index >= 15 is 0 Å². The Kier molecular flexibility index (Phi) is 4.33. The first kappa shape index (κ1) is 13.1. The highest BCUT2D eigenvalue weighted by Gasteiger charge is 2.21. The maximum absolute atomic E-state index is 10.5. The Labute approximate surface area is 107 Å². The van der Waals surface area contributed by atoms with Crippen molar-refractivity contribution in [3.05, 3.63) is 35.4 Å². The van der Waals surface area contributed by atoms with Gasteiger partial charge in [0.15, 0.2) is 0 Å². The number of hydrogen-bond donors (Lipinski definition) is 1. The van der Waals surface area contributed by atoms with Gasteiger partial charge in [-0.2, -0.15) is 0 Å². The van der Waals surface area contributed by atoms with Crippen molar-refractivity contribution in [1.82, 2.24) is 4.90 Å². The number of hydrogen-bond acceptors (Lipinski definition) is 3. The average Bonchev–Trinajstić information content (AvgIpc) is 2.37.